The summed E-state index contributed by atoms with van der Waals surface area (Å²) in [6, 6.07) is 4.19. The van der Waals surface area contributed by atoms with Gasteiger partial charge in [0.25, 0.3) is 0 Å². The molecule has 0 amide bonds. The van der Waals surface area contributed by atoms with Crippen LogP contribution >= 0.6 is 11.8 Å². The van der Waals surface area contributed by atoms with E-state index in [1.54, 1.807) is 0 Å². The number of hydrogen-bond acceptors (Lipinski definition) is 5. The molecule has 0 heterocycles. The lowest BCUT2D eigenvalue weighted by Crippen LogP contribution is -2.41. The molecule has 116 valence electrons. The van der Waals surface area contributed by atoms with Crippen molar-refractivity contribution in [3.63, 3.8) is 0 Å². The van der Waals surface area contributed by atoms with Gasteiger partial charge in [-0.25, -0.2) is 8.42 Å². The summed E-state index contributed by atoms with van der Waals surface area (Å²) in [7, 11) is -3.93. The Bertz CT molecular complexity index is 610. The number of hydrogen-bond donors (Lipinski definition) is 2. The molecule has 0 bridgehead atoms. The zero-order valence-corrected chi connectivity index (χ0v) is 13.3. The Morgan fingerprint density at radius 3 is 2.29 bits per heavy atom. The fourth-order valence-electron chi connectivity index (χ4n) is 1.59. The zero-order valence-electron chi connectivity index (χ0n) is 11.7. The van der Waals surface area contributed by atoms with E-state index in [1.165, 1.54) is 43.0 Å². The van der Waals surface area contributed by atoms with Crippen molar-refractivity contribution in [1.82, 2.24) is 4.72 Å². The van der Waals surface area contributed by atoms with Crippen LogP contribution < -0.4 is 4.72 Å². The van der Waals surface area contributed by atoms with E-state index < -0.39 is 22.0 Å². The molecule has 0 aliphatic rings. The van der Waals surface area contributed by atoms with Crippen LogP contribution in [0.3, 0.4) is 0 Å². The Labute approximate surface area is 128 Å². The highest BCUT2D eigenvalue weighted by Crippen LogP contribution is 2.13. The van der Waals surface area contributed by atoms with Gasteiger partial charge in [0.1, 0.15) is 6.04 Å². The van der Waals surface area contributed by atoms with E-state index in [0.29, 0.717) is 11.3 Å². The van der Waals surface area contributed by atoms with Gasteiger partial charge in [0.2, 0.25) is 10.0 Å². The molecule has 21 heavy (non-hydrogen) atoms. The average molecular weight is 331 g/mol. The SMILES string of the molecule is CSCCC(NS(=O)(=O)c1ccc(C(C)=O)cc1)C(=O)O. The van der Waals surface area contributed by atoms with Crippen molar-refractivity contribution in [1.29, 1.82) is 0 Å². The van der Waals surface area contributed by atoms with E-state index in [1.807, 2.05) is 6.26 Å². The predicted octanol–water partition coefficient (Wildman–Crippen LogP) is 1.37. The fourth-order valence-corrected chi connectivity index (χ4v) is 3.29. The first kappa shape index (κ1) is 17.7. The largest absolute Gasteiger partial charge is 0.480 e. The maximum atomic E-state index is 12.1. The summed E-state index contributed by atoms with van der Waals surface area (Å²) in [4.78, 5) is 22.2. The van der Waals surface area contributed by atoms with E-state index in [9.17, 15) is 18.0 Å². The van der Waals surface area contributed by atoms with Crippen molar-refractivity contribution < 1.29 is 23.1 Å². The Balaban J connectivity index is 2.93. The highest BCUT2D eigenvalue weighted by atomic mass is 32.2. The van der Waals surface area contributed by atoms with E-state index >= 15 is 0 Å². The van der Waals surface area contributed by atoms with Crippen LogP contribution in [-0.2, 0) is 14.8 Å². The van der Waals surface area contributed by atoms with Crippen molar-refractivity contribution in [2.24, 2.45) is 0 Å². The molecular weight excluding hydrogens is 314 g/mol. The van der Waals surface area contributed by atoms with Gasteiger partial charge < -0.3 is 5.11 Å². The second-order valence-electron chi connectivity index (χ2n) is 4.37. The number of carbonyl (C=O) groups is 2. The van der Waals surface area contributed by atoms with Gasteiger partial charge in [0.15, 0.2) is 5.78 Å². The molecule has 0 fully saturated rings. The minimum absolute atomic E-state index is 0.0668. The van der Waals surface area contributed by atoms with Gasteiger partial charge >= 0.3 is 5.97 Å². The molecule has 0 aromatic heterocycles. The molecular formula is C13H17NO5S2. The number of carboxylic acids is 1. The minimum Gasteiger partial charge on any atom is -0.480 e. The molecule has 1 unspecified atom stereocenters. The van der Waals surface area contributed by atoms with E-state index in [4.69, 9.17) is 5.11 Å². The number of sulfonamides is 1. The quantitative estimate of drug-likeness (QED) is 0.698. The third-order valence-electron chi connectivity index (χ3n) is 2.78. The fraction of sp³-hybridized carbons (Fsp3) is 0.385. The topological polar surface area (TPSA) is 101 Å². The lowest BCUT2D eigenvalue weighted by atomic mass is 10.2. The van der Waals surface area contributed by atoms with Crippen molar-refractivity contribution in [3.8, 4) is 0 Å². The molecule has 0 radical (unpaired) electrons. The van der Waals surface area contributed by atoms with Crippen LogP contribution in [0.2, 0.25) is 0 Å². The van der Waals surface area contributed by atoms with Crippen molar-refractivity contribution >= 4 is 33.5 Å². The van der Waals surface area contributed by atoms with Gasteiger partial charge in [-0.15, -0.1) is 0 Å². The van der Waals surface area contributed by atoms with Gasteiger partial charge in [-0.1, -0.05) is 12.1 Å². The minimum atomic E-state index is -3.93. The highest BCUT2D eigenvalue weighted by molar-refractivity contribution is 7.98. The van der Waals surface area contributed by atoms with Crippen molar-refractivity contribution in [2.75, 3.05) is 12.0 Å². The summed E-state index contributed by atoms with van der Waals surface area (Å²) in [6.07, 6.45) is 2.01. The van der Waals surface area contributed by atoms with E-state index in [2.05, 4.69) is 4.72 Å². The summed E-state index contributed by atoms with van der Waals surface area (Å²) in [5, 5.41) is 9.05. The summed E-state index contributed by atoms with van der Waals surface area (Å²) in [5.74, 6) is -0.855. The van der Waals surface area contributed by atoms with E-state index in [0.717, 1.165) is 0 Å². The predicted molar refractivity (Wildman–Crippen MR) is 81.2 cm³/mol. The number of nitrogens with one attached hydrogen (secondary N) is 1. The maximum Gasteiger partial charge on any atom is 0.321 e. The molecule has 0 spiro atoms. The van der Waals surface area contributed by atoms with Crippen molar-refractivity contribution in [3.05, 3.63) is 29.8 Å². The third-order valence-corrected chi connectivity index (χ3v) is 4.91. The number of carboxylic acid groups (broad SMARTS) is 1. The molecule has 8 heteroatoms. The Hall–Kier alpha value is -1.38. The average Bonchev–Trinajstić information content (AvgIpc) is 2.43. The Morgan fingerprint density at radius 2 is 1.86 bits per heavy atom. The number of ketones is 1. The van der Waals surface area contributed by atoms with E-state index in [-0.39, 0.29) is 17.1 Å². The molecule has 0 aliphatic heterocycles. The molecule has 1 atom stereocenters. The van der Waals surface area contributed by atoms with Crippen LogP contribution in [0.4, 0.5) is 0 Å². The second kappa shape index (κ2) is 7.58. The first-order valence-corrected chi connectivity index (χ1v) is 9.00. The molecule has 6 nitrogen and oxygen atoms in total. The van der Waals surface area contributed by atoms with Crippen LogP contribution in [0, 0.1) is 0 Å². The summed E-state index contributed by atoms with van der Waals surface area (Å²) in [5.41, 5.74) is 0.395. The number of benzene rings is 1. The second-order valence-corrected chi connectivity index (χ2v) is 7.07. The van der Waals surface area contributed by atoms with Crippen LogP contribution in [0.5, 0.6) is 0 Å². The first-order chi connectivity index (χ1) is 9.77. The number of carbonyl (C=O) groups excluding carboxylic acids is 1. The monoisotopic (exact) mass is 331 g/mol. The van der Waals surface area contributed by atoms with Crippen molar-refractivity contribution in [2.45, 2.75) is 24.3 Å². The van der Waals surface area contributed by atoms with Gasteiger partial charge in [-0.2, -0.15) is 16.5 Å². The molecule has 2 N–H and O–H groups in total. The van der Waals surface area contributed by atoms with Gasteiger partial charge in [-0.3, -0.25) is 9.59 Å². The standard InChI is InChI=1S/C13H17NO5S2/c1-9(15)10-3-5-11(6-4-10)21(18,19)14-12(13(16)17)7-8-20-2/h3-6,12,14H,7-8H2,1-2H3,(H,16,17). The Morgan fingerprint density at radius 1 is 1.29 bits per heavy atom. The molecule has 1 rings (SSSR count). The normalized spacial score (nSPS) is 12.9. The molecule has 0 saturated heterocycles. The van der Waals surface area contributed by atoms with Gasteiger partial charge in [-0.05, 0) is 37.5 Å². The summed E-state index contributed by atoms with van der Waals surface area (Å²) >= 11 is 1.44. The number of rotatable bonds is 8. The molecule has 0 aliphatic carbocycles. The van der Waals surface area contributed by atoms with Gasteiger partial charge in [0.05, 0.1) is 4.90 Å². The first-order valence-electron chi connectivity index (χ1n) is 6.13. The zero-order chi connectivity index (χ0) is 16.0. The Kier molecular flexibility index (Phi) is 6.38. The lowest BCUT2D eigenvalue weighted by molar-refractivity contribution is -0.139. The highest BCUT2D eigenvalue weighted by Gasteiger charge is 2.25. The smallest absolute Gasteiger partial charge is 0.321 e. The number of aliphatic carboxylic acids is 1. The molecule has 1 aromatic rings. The maximum absolute atomic E-state index is 12.1. The summed E-state index contributed by atoms with van der Waals surface area (Å²) in [6.45, 7) is 1.38. The molecule has 0 saturated carbocycles. The third kappa shape index (κ3) is 5.14. The van der Waals surface area contributed by atoms with Crippen LogP contribution in [0.15, 0.2) is 29.2 Å². The number of thioether (sulfide) groups is 1. The van der Waals surface area contributed by atoms with Gasteiger partial charge in [0, 0.05) is 5.56 Å². The molecule has 1 aromatic carbocycles. The lowest BCUT2D eigenvalue weighted by Gasteiger charge is -2.14. The van der Waals surface area contributed by atoms with Crippen LogP contribution in [0.1, 0.15) is 23.7 Å². The number of Topliss-reactive ketones (excluding diaryl/α,β-unsaturated/α-hetero) is 1. The summed E-state index contributed by atoms with van der Waals surface area (Å²) < 4.78 is 26.4. The van der Waals surface area contributed by atoms with Crippen LogP contribution in [-0.4, -0.2) is 43.3 Å². The van der Waals surface area contributed by atoms with Crippen LogP contribution in [0.25, 0.3) is 0 Å².